The Balaban J connectivity index is 1.80. The Hall–Kier alpha value is -2.48. The van der Waals surface area contributed by atoms with Crippen LogP contribution in [-0.4, -0.2) is 20.6 Å². The molecule has 0 saturated carbocycles. The minimum atomic E-state index is -1.24. The van der Waals surface area contributed by atoms with E-state index in [2.05, 4.69) is 9.97 Å². The van der Waals surface area contributed by atoms with Crippen molar-refractivity contribution in [2.45, 2.75) is 24.9 Å². The lowest BCUT2D eigenvalue weighted by atomic mass is 9.86. The molecule has 0 amide bonds. The number of rotatable bonds is 1. The van der Waals surface area contributed by atoms with Gasteiger partial charge in [0.05, 0.1) is 11.7 Å². The lowest BCUT2D eigenvalue weighted by Gasteiger charge is -2.30. The summed E-state index contributed by atoms with van der Waals surface area (Å²) < 4.78 is 55.8. The number of aromatic nitrogens is 3. The molecule has 4 nitrogen and oxygen atoms in total. The molecule has 1 aliphatic heterocycles. The van der Waals surface area contributed by atoms with E-state index in [0.717, 1.165) is 6.07 Å². The van der Waals surface area contributed by atoms with Gasteiger partial charge in [0.1, 0.15) is 17.2 Å². The van der Waals surface area contributed by atoms with Gasteiger partial charge < -0.3 is 10.3 Å². The highest BCUT2D eigenvalue weighted by molar-refractivity contribution is 5.75. The van der Waals surface area contributed by atoms with Crippen molar-refractivity contribution in [3.8, 4) is 0 Å². The number of fused-ring (bicyclic) bond motifs is 3. The summed E-state index contributed by atoms with van der Waals surface area (Å²) >= 11 is 0. The lowest BCUT2D eigenvalue weighted by molar-refractivity contribution is 0.391. The highest BCUT2D eigenvalue weighted by Crippen LogP contribution is 2.33. The number of imidazole rings is 1. The van der Waals surface area contributed by atoms with Crippen molar-refractivity contribution in [2.24, 2.45) is 5.73 Å². The van der Waals surface area contributed by atoms with Crippen LogP contribution in [-0.2, 0) is 13.0 Å². The van der Waals surface area contributed by atoms with Gasteiger partial charge in [0.15, 0.2) is 11.6 Å². The fourth-order valence-electron chi connectivity index (χ4n) is 3.26. The second kappa shape index (κ2) is 5.27. The Labute approximate surface area is 133 Å². The quantitative estimate of drug-likeness (QED) is 0.422. The minimum absolute atomic E-state index is 0.0176. The normalized spacial score (nSPS) is 20.4. The third-order valence-corrected chi connectivity index (χ3v) is 4.43. The zero-order valence-corrected chi connectivity index (χ0v) is 12.3. The second-order valence-electron chi connectivity index (χ2n) is 5.90. The second-order valence-corrected chi connectivity index (χ2v) is 5.90. The SMILES string of the molecule is N[C@H]1Cn2c(nc3cnc(F)cc32)C[C@@H]1c1cc(F)c(F)cc1F. The predicted molar refractivity (Wildman–Crippen MR) is 78.2 cm³/mol. The molecule has 2 aromatic heterocycles. The lowest BCUT2D eigenvalue weighted by Crippen LogP contribution is -2.39. The Morgan fingerprint density at radius 2 is 1.79 bits per heavy atom. The standard InChI is InChI=1S/C16H12F4N4/c17-9-3-11(19)10(18)1-7(9)8-2-16-23-13-5-22-15(20)4-14(13)24(16)6-12(8)21/h1,3-5,8,12H,2,6,21H2/t8-,12+/m1/s1. The fourth-order valence-corrected chi connectivity index (χ4v) is 3.26. The maximum absolute atomic E-state index is 14.1. The van der Waals surface area contributed by atoms with Gasteiger partial charge in [-0.05, 0) is 11.6 Å². The van der Waals surface area contributed by atoms with Crippen LogP contribution < -0.4 is 5.73 Å². The maximum atomic E-state index is 14.1. The largest absolute Gasteiger partial charge is 0.326 e. The molecule has 3 heterocycles. The molecule has 1 aromatic carbocycles. The van der Waals surface area contributed by atoms with Crippen molar-refractivity contribution in [1.29, 1.82) is 0 Å². The number of benzene rings is 1. The molecule has 0 radical (unpaired) electrons. The fraction of sp³-hybridized carbons (Fsp3) is 0.250. The number of nitrogens with two attached hydrogens (primary N) is 1. The first-order valence-corrected chi connectivity index (χ1v) is 7.34. The van der Waals surface area contributed by atoms with Crippen molar-refractivity contribution in [1.82, 2.24) is 14.5 Å². The Morgan fingerprint density at radius 1 is 1.04 bits per heavy atom. The van der Waals surface area contributed by atoms with Gasteiger partial charge >= 0.3 is 0 Å². The molecule has 8 heteroatoms. The van der Waals surface area contributed by atoms with E-state index < -0.39 is 35.4 Å². The summed E-state index contributed by atoms with van der Waals surface area (Å²) in [5.41, 5.74) is 7.21. The first kappa shape index (κ1) is 15.1. The van der Waals surface area contributed by atoms with Gasteiger partial charge in [-0.15, -0.1) is 0 Å². The van der Waals surface area contributed by atoms with E-state index in [1.807, 2.05) is 0 Å². The van der Waals surface area contributed by atoms with Gasteiger partial charge in [0.2, 0.25) is 5.95 Å². The molecular formula is C16H12F4N4. The summed E-state index contributed by atoms with van der Waals surface area (Å²) in [5.74, 6) is -3.81. The van der Waals surface area contributed by atoms with Crippen LogP contribution in [0.2, 0.25) is 0 Å². The molecule has 0 spiro atoms. The van der Waals surface area contributed by atoms with Crippen LogP contribution in [0.5, 0.6) is 0 Å². The number of pyridine rings is 1. The summed E-state index contributed by atoms with van der Waals surface area (Å²) in [7, 11) is 0. The van der Waals surface area contributed by atoms with E-state index in [1.165, 1.54) is 12.3 Å². The topological polar surface area (TPSA) is 56.7 Å². The molecule has 124 valence electrons. The average Bonchev–Trinajstić information content (AvgIpc) is 2.87. The zero-order chi connectivity index (χ0) is 17.0. The van der Waals surface area contributed by atoms with E-state index in [0.29, 0.717) is 22.9 Å². The van der Waals surface area contributed by atoms with Crippen molar-refractivity contribution >= 4 is 11.0 Å². The third-order valence-electron chi connectivity index (χ3n) is 4.43. The van der Waals surface area contributed by atoms with Gasteiger partial charge in [-0.1, -0.05) is 0 Å². The highest BCUT2D eigenvalue weighted by Gasteiger charge is 2.32. The van der Waals surface area contributed by atoms with Crippen LogP contribution >= 0.6 is 0 Å². The maximum Gasteiger partial charge on any atom is 0.215 e. The molecule has 0 aliphatic carbocycles. The molecule has 1 aliphatic rings. The first-order valence-electron chi connectivity index (χ1n) is 7.34. The molecule has 0 saturated heterocycles. The van der Waals surface area contributed by atoms with Crippen LogP contribution in [0.15, 0.2) is 24.4 Å². The molecule has 0 unspecified atom stereocenters. The van der Waals surface area contributed by atoms with Gasteiger partial charge in [0.25, 0.3) is 0 Å². The monoisotopic (exact) mass is 336 g/mol. The summed E-state index contributed by atoms with van der Waals surface area (Å²) in [6, 6.07) is 2.07. The van der Waals surface area contributed by atoms with E-state index in [-0.39, 0.29) is 18.5 Å². The number of hydrogen-bond donors (Lipinski definition) is 1. The molecule has 2 atom stereocenters. The molecule has 0 bridgehead atoms. The Kier molecular flexibility index (Phi) is 3.31. The van der Waals surface area contributed by atoms with Gasteiger partial charge in [0, 0.05) is 37.1 Å². The smallest absolute Gasteiger partial charge is 0.215 e. The van der Waals surface area contributed by atoms with Crippen molar-refractivity contribution in [3.05, 3.63) is 59.2 Å². The molecule has 24 heavy (non-hydrogen) atoms. The van der Waals surface area contributed by atoms with Gasteiger partial charge in [-0.3, -0.25) is 0 Å². The Morgan fingerprint density at radius 3 is 2.58 bits per heavy atom. The summed E-state index contributed by atoms with van der Waals surface area (Å²) in [5, 5.41) is 0. The summed E-state index contributed by atoms with van der Waals surface area (Å²) in [6.07, 6.45) is 1.55. The first-order chi connectivity index (χ1) is 11.4. The van der Waals surface area contributed by atoms with Crippen molar-refractivity contribution < 1.29 is 17.6 Å². The minimum Gasteiger partial charge on any atom is -0.326 e. The van der Waals surface area contributed by atoms with E-state index in [4.69, 9.17) is 5.73 Å². The van der Waals surface area contributed by atoms with Crippen LogP contribution in [0.25, 0.3) is 11.0 Å². The molecule has 3 aromatic rings. The zero-order valence-electron chi connectivity index (χ0n) is 12.3. The van der Waals surface area contributed by atoms with Crippen LogP contribution in [0.3, 0.4) is 0 Å². The molecule has 4 rings (SSSR count). The number of hydrogen-bond acceptors (Lipinski definition) is 3. The van der Waals surface area contributed by atoms with Gasteiger partial charge in [-0.2, -0.15) is 4.39 Å². The average molecular weight is 336 g/mol. The van der Waals surface area contributed by atoms with E-state index in [9.17, 15) is 17.6 Å². The number of nitrogens with zero attached hydrogens (tertiary/aromatic N) is 3. The van der Waals surface area contributed by atoms with Crippen LogP contribution in [0.4, 0.5) is 17.6 Å². The highest BCUT2D eigenvalue weighted by atomic mass is 19.2. The summed E-state index contributed by atoms with van der Waals surface area (Å²) in [4.78, 5) is 7.92. The molecular weight excluding hydrogens is 324 g/mol. The van der Waals surface area contributed by atoms with Gasteiger partial charge in [-0.25, -0.2) is 23.1 Å². The van der Waals surface area contributed by atoms with Crippen LogP contribution in [0, 0.1) is 23.4 Å². The molecule has 2 N–H and O–H groups in total. The van der Waals surface area contributed by atoms with Crippen molar-refractivity contribution in [2.75, 3.05) is 0 Å². The van der Waals surface area contributed by atoms with E-state index in [1.54, 1.807) is 4.57 Å². The van der Waals surface area contributed by atoms with Crippen LogP contribution in [0.1, 0.15) is 17.3 Å². The third kappa shape index (κ3) is 2.25. The Bertz CT molecular complexity index is 953. The summed E-state index contributed by atoms with van der Waals surface area (Å²) in [6.45, 7) is 0.262. The number of halogens is 4. The molecule has 0 fully saturated rings. The predicted octanol–water partition coefficient (Wildman–Crippen LogP) is 2.65. The van der Waals surface area contributed by atoms with E-state index >= 15 is 0 Å². The van der Waals surface area contributed by atoms with Crippen molar-refractivity contribution in [3.63, 3.8) is 0 Å².